The predicted octanol–water partition coefficient (Wildman–Crippen LogP) is 4.66. The van der Waals surface area contributed by atoms with E-state index < -0.39 is 5.97 Å². The standard InChI is InChI=1S/C24H25NO4/c1-17-22(24(27)28)15-21(29-17)16-25(2)23(26)14-20(19-11-7-4-8-12-19)13-18-9-5-3-6-10-18/h3-12,15,20H,13-14,16H2,1-2H3,(H,27,28). The number of amides is 1. The molecule has 1 N–H and O–H groups in total. The van der Waals surface area contributed by atoms with E-state index >= 15 is 0 Å². The van der Waals surface area contributed by atoms with E-state index in [1.807, 2.05) is 36.4 Å². The van der Waals surface area contributed by atoms with Gasteiger partial charge in [0.05, 0.1) is 6.54 Å². The number of aryl methyl sites for hydroxylation is 1. The number of hydrogen-bond donors (Lipinski definition) is 1. The third-order valence-electron chi connectivity index (χ3n) is 5.03. The van der Waals surface area contributed by atoms with Crippen molar-refractivity contribution in [3.63, 3.8) is 0 Å². The smallest absolute Gasteiger partial charge is 0.339 e. The summed E-state index contributed by atoms with van der Waals surface area (Å²) in [6, 6.07) is 21.7. The monoisotopic (exact) mass is 391 g/mol. The summed E-state index contributed by atoms with van der Waals surface area (Å²) in [7, 11) is 1.71. The first-order valence-corrected chi connectivity index (χ1v) is 9.59. The fraction of sp³-hybridized carbons (Fsp3) is 0.250. The molecular formula is C24H25NO4. The molecule has 29 heavy (non-hydrogen) atoms. The van der Waals surface area contributed by atoms with Crippen LogP contribution in [0, 0.1) is 6.92 Å². The first-order valence-electron chi connectivity index (χ1n) is 9.59. The van der Waals surface area contributed by atoms with E-state index in [1.54, 1.807) is 18.9 Å². The molecule has 1 heterocycles. The number of benzene rings is 2. The van der Waals surface area contributed by atoms with Gasteiger partial charge in [0.1, 0.15) is 17.1 Å². The largest absolute Gasteiger partial charge is 0.478 e. The summed E-state index contributed by atoms with van der Waals surface area (Å²) in [5.74, 6) is -0.171. The third kappa shape index (κ3) is 5.35. The highest BCUT2D eigenvalue weighted by Gasteiger charge is 2.21. The van der Waals surface area contributed by atoms with Crippen molar-refractivity contribution in [3.05, 3.63) is 94.9 Å². The van der Waals surface area contributed by atoms with Gasteiger partial charge in [-0.1, -0.05) is 60.7 Å². The van der Waals surface area contributed by atoms with Crippen LogP contribution in [0.2, 0.25) is 0 Å². The van der Waals surface area contributed by atoms with Crippen molar-refractivity contribution in [2.24, 2.45) is 0 Å². The molecule has 0 aliphatic rings. The maximum Gasteiger partial charge on any atom is 0.339 e. The highest BCUT2D eigenvalue weighted by atomic mass is 16.4. The molecule has 5 heteroatoms. The first-order chi connectivity index (χ1) is 13.9. The summed E-state index contributed by atoms with van der Waals surface area (Å²) in [6.45, 7) is 1.85. The Morgan fingerprint density at radius 1 is 1.03 bits per heavy atom. The maximum atomic E-state index is 12.9. The maximum absolute atomic E-state index is 12.9. The second-order valence-corrected chi connectivity index (χ2v) is 7.24. The number of carboxylic acids is 1. The summed E-state index contributed by atoms with van der Waals surface area (Å²) < 4.78 is 5.51. The summed E-state index contributed by atoms with van der Waals surface area (Å²) >= 11 is 0. The lowest BCUT2D eigenvalue weighted by Gasteiger charge is -2.22. The van der Waals surface area contributed by atoms with E-state index in [-0.39, 0.29) is 23.9 Å². The lowest BCUT2D eigenvalue weighted by atomic mass is 9.89. The second-order valence-electron chi connectivity index (χ2n) is 7.24. The van der Waals surface area contributed by atoms with Crippen LogP contribution in [0.3, 0.4) is 0 Å². The zero-order chi connectivity index (χ0) is 20.8. The SMILES string of the molecule is Cc1oc(CN(C)C(=O)CC(Cc2ccccc2)c2ccccc2)cc1C(=O)O. The lowest BCUT2D eigenvalue weighted by Crippen LogP contribution is -2.28. The van der Waals surface area contributed by atoms with E-state index in [0.717, 1.165) is 12.0 Å². The van der Waals surface area contributed by atoms with Gasteiger partial charge >= 0.3 is 5.97 Å². The van der Waals surface area contributed by atoms with Gasteiger partial charge in [-0.15, -0.1) is 0 Å². The lowest BCUT2D eigenvalue weighted by molar-refractivity contribution is -0.131. The minimum atomic E-state index is -1.03. The number of furan rings is 1. The van der Waals surface area contributed by atoms with Crippen LogP contribution in [0.25, 0.3) is 0 Å². The Kier molecular flexibility index (Phi) is 6.50. The van der Waals surface area contributed by atoms with Crippen LogP contribution in [0.5, 0.6) is 0 Å². The molecule has 0 radical (unpaired) electrons. The van der Waals surface area contributed by atoms with Crippen molar-refractivity contribution in [2.75, 3.05) is 7.05 Å². The highest BCUT2D eigenvalue weighted by molar-refractivity contribution is 5.88. The fourth-order valence-corrected chi connectivity index (χ4v) is 3.45. The minimum absolute atomic E-state index is 0.0132. The van der Waals surface area contributed by atoms with Crippen molar-refractivity contribution >= 4 is 11.9 Å². The van der Waals surface area contributed by atoms with Crippen LogP contribution < -0.4 is 0 Å². The zero-order valence-electron chi connectivity index (χ0n) is 16.7. The molecule has 1 aromatic heterocycles. The van der Waals surface area contributed by atoms with E-state index in [0.29, 0.717) is 17.9 Å². The Morgan fingerprint density at radius 2 is 1.66 bits per heavy atom. The van der Waals surface area contributed by atoms with E-state index in [2.05, 4.69) is 24.3 Å². The van der Waals surface area contributed by atoms with Gasteiger partial charge in [-0.25, -0.2) is 4.79 Å². The van der Waals surface area contributed by atoms with Crippen molar-refractivity contribution in [1.82, 2.24) is 4.90 Å². The van der Waals surface area contributed by atoms with Gasteiger partial charge in [-0.05, 0) is 36.5 Å². The molecule has 3 rings (SSSR count). The molecule has 0 aliphatic carbocycles. The summed E-state index contributed by atoms with van der Waals surface area (Å²) in [5.41, 5.74) is 2.44. The third-order valence-corrected chi connectivity index (χ3v) is 5.03. The second kappa shape index (κ2) is 9.24. The average molecular weight is 391 g/mol. The molecule has 1 amide bonds. The van der Waals surface area contributed by atoms with Gasteiger partial charge in [0.25, 0.3) is 0 Å². The molecule has 150 valence electrons. The predicted molar refractivity (Wildman–Crippen MR) is 111 cm³/mol. The van der Waals surface area contributed by atoms with Crippen molar-refractivity contribution in [1.29, 1.82) is 0 Å². The Hall–Kier alpha value is -3.34. The molecule has 0 spiro atoms. The molecule has 0 bridgehead atoms. The van der Waals surface area contributed by atoms with E-state index in [9.17, 15) is 9.59 Å². The molecule has 0 fully saturated rings. The first kappa shape index (κ1) is 20.4. The number of carbonyl (C=O) groups excluding carboxylic acids is 1. The quantitative estimate of drug-likeness (QED) is 0.606. The van der Waals surface area contributed by atoms with Gasteiger partial charge in [0.15, 0.2) is 0 Å². The molecule has 2 aromatic carbocycles. The Morgan fingerprint density at radius 3 is 2.24 bits per heavy atom. The number of rotatable bonds is 8. The zero-order valence-corrected chi connectivity index (χ0v) is 16.7. The van der Waals surface area contributed by atoms with Gasteiger partial charge in [0, 0.05) is 13.5 Å². The van der Waals surface area contributed by atoms with Crippen LogP contribution in [-0.4, -0.2) is 28.9 Å². The van der Waals surface area contributed by atoms with Crippen molar-refractivity contribution < 1.29 is 19.1 Å². The summed E-state index contributed by atoms with van der Waals surface area (Å²) in [5, 5.41) is 9.17. The van der Waals surface area contributed by atoms with Gasteiger partial charge in [-0.2, -0.15) is 0 Å². The summed E-state index contributed by atoms with van der Waals surface area (Å²) in [6.07, 6.45) is 1.13. The van der Waals surface area contributed by atoms with E-state index in [4.69, 9.17) is 9.52 Å². The van der Waals surface area contributed by atoms with Crippen molar-refractivity contribution in [3.8, 4) is 0 Å². The molecule has 0 aliphatic heterocycles. The minimum Gasteiger partial charge on any atom is -0.478 e. The van der Waals surface area contributed by atoms with Crippen LogP contribution in [-0.2, 0) is 17.8 Å². The molecule has 0 saturated heterocycles. The average Bonchev–Trinajstić information content (AvgIpc) is 3.09. The Balaban J connectivity index is 1.72. The normalized spacial score (nSPS) is 11.8. The topological polar surface area (TPSA) is 70.8 Å². The highest BCUT2D eigenvalue weighted by Crippen LogP contribution is 2.26. The number of carbonyl (C=O) groups is 2. The van der Waals surface area contributed by atoms with Gasteiger partial charge in [0.2, 0.25) is 5.91 Å². The molecular weight excluding hydrogens is 366 g/mol. The van der Waals surface area contributed by atoms with E-state index in [1.165, 1.54) is 11.6 Å². The number of aromatic carboxylic acids is 1. The molecule has 1 atom stereocenters. The fourth-order valence-electron chi connectivity index (χ4n) is 3.45. The Labute approximate surface area is 170 Å². The van der Waals surface area contributed by atoms with Gasteiger partial charge < -0.3 is 14.4 Å². The van der Waals surface area contributed by atoms with Crippen LogP contribution >= 0.6 is 0 Å². The van der Waals surface area contributed by atoms with Gasteiger partial charge in [-0.3, -0.25) is 4.79 Å². The van der Waals surface area contributed by atoms with Crippen LogP contribution in [0.1, 0.15) is 45.3 Å². The van der Waals surface area contributed by atoms with Crippen LogP contribution in [0.15, 0.2) is 71.1 Å². The molecule has 5 nitrogen and oxygen atoms in total. The number of hydrogen-bond acceptors (Lipinski definition) is 3. The number of carboxylic acid groups (broad SMARTS) is 1. The van der Waals surface area contributed by atoms with Crippen molar-refractivity contribution in [2.45, 2.75) is 32.2 Å². The number of nitrogens with zero attached hydrogens (tertiary/aromatic N) is 1. The summed E-state index contributed by atoms with van der Waals surface area (Å²) in [4.78, 5) is 25.7. The molecule has 0 saturated carbocycles. The van der Waals surface area contributed by atoms with Crippen LogP contribution in [0.4, 0.5) is 0 Å². The molecule has 3 aromatic rings. The molecule has 1 unspecified atom stereocenters. The Bertz CT molecular complexity index is 963.